The van der Waals surface area contributed by atoms with Crippen LogP contribution in [-0.2, 0) is 11.3 Å². The average Bonchev–Trinajstić information content (AvgIpc) is 2.71. The van der Waals surface area contributed by atoms with Gasteiger partial charge in [0.05, 0.1) is 6.04 Å². The third kappa shape index (κ3) is 2.98. The van der Waals surface area contributed by atoms with E-state index in [1.165, 1.54) is 12.1 Å². The van der Waals surface area contributed by atoms with Crippen LogP contribution in [0.3, 0.4) is 0 Å². The Kier molecular flexibility index (Phi) is 4.15. The summed E-state index contributed by atoms with van der Waals surface area (Å²) in [6.45, 7) is 1.48. The lowest BCUT2D eigenvalue weighted by Crippen LogP contribution is -2.33. The Morgan fingerprint density at radius 1 is 1.39 bits per heavy atom. The van der Waals surface area contributed by atoms with E-state index in [0.717, 1.165) is 18.4 Å². The summed E-state index contributed by atoms with van der Waals surface area (Å²) in [7, 11) is 0. The lowest BCUT2D eigenvalue weighted by atomic mass is 10.1. The lowest BCUT2D eigenvalue weighted by molar-refractivity contribution is 0.156. The van der Waals surface area contributed by atoms with Gasteiger partial charge in [-0.05, 0) is 37.1 Å². The predicted octanol–water partition coefficient (Wildman–Crippen LogP) is 1.89. The number of nitrogens with two attached hydrogens (primary N) is 1. The second kappa shape index (κ2) is 5.82. The smallest absolute Gasteiger partial charge is 0.410 e. The van der Waals surface area contributed by atoms with E-state index in [2.05, 4.69) is 0 Å². The van der Waals surface area contributed by atoms with E-state index in [1.54, 1.807) is 17.0 Å². The van der Waals surface area contributed by atoms with Gasteiger partial charge in [0, 0.05) is 6.54 Å². The number of carbonyl (C=O) groups excluding carboxylic acids is 1. The van der Waals surface area contributed by atoms with Crippen LogP contribution in [0.4, 0.5) is 9.18 Å². The van der Waals surface area contributed by atoms with E-state index in [1.807, 2.05) is 0 Å². The van der Waals surface area contributed by atoms with E-state index in [4.69, 9.17) is 10.5 Å². The summed E-state index contributed by atoms with van der Waals surface area (Å²) in [6.07, 6.45) is 1.39. The topological polar surface area (TPSA) is 55.6 Å². The van der Waals surface area contributed by atoms with Crippen molar-refractivity contribution in [3.63, 3.8) is 0 Å². The maximum absolute atomic E-state index is 12.8. The molecular formula is C13H17FN2O2. The van der Waals surface area contributed by atoms with Crippen molar-refractivity contribution in [3.05, 3.63) is 35.6 Å². The van der Waals surface area contributed by atoms with Crippen LogP contribution in [0, 0.1) is 5.82 Å². The van der Waals surface area contributed by atoms with Gasteiger partial charge < -0.3 is 10.5 Å². The molecule has 18 heavy (non-hydrogen) atoms. The van der Waals surface area contributed by atoms with E-state index >= 15 is 0 Å². The molecule has 0 saturated carbocycles. The summed E-state index contributed by atoms with van der Waals surface area (Å²) in [5.74, 6) is -0.276. The molecule has 0 aromatic heterocycles. The van der Waals surface area contributed by atoms with E-state index in [0.29, 0.717) is 19.7 Å². The normalized spacial score (nSPS) is 19.1. The summed E-state index contributed by atoms with van der Waals surface area (Å²) in [5, 5.41) is 0. The van der Waals surface area contributed by atoms with Gasteiger partial charge in [0.15, 0.2) is 0 Å². The number of rotatable bonds is 5. The third-order valence-corrected chi connectivity index (χ3v) is 3.08. The van der Waals surface area contributed by atoms with Gasteiger partial charge in [0.25, 0.3) is 0 Å². The number of hydrogen-bond acceptors (Lipinski definition) is 3. The monoisotopic (exact) mass is 252 g/mol. The summed E-state index contributed by atoms with van der Waals surface area (Å²) >= 11 is 0. The van der Waals surface area contributed by atoms with Gasteiger partial charge in [-0.3, -0.25) is 4.90 Å². The van der Waals surface area contributed by atoms with Crippen molar-refractivity contribution in [2.45, 2.75) is 25.4 Å². The maximum Gasteiger partial charge on any atom is 0.410 e. The molecule has 1 fully saturated rings. The van der Waals surface area contributed by atoms with Gasteiger partial charge in [0.1, 0.15) is 12.4 Å². The molecule has 1 aliphatic heterocycles. The molecule has 1 aromatic rings. The van der Waals surface area contributed by atoms with Crippen LogP contribution in [0.5, 0.6) is 0 Å². The molecule has 0 aliphatic carbocycles. The van der Waals surface area contributed by atoms with Gasteiger partial charge in [-0.2, -0.15) is 0 Å². The van der Waals surface area contributed by atoms with Crippen LogP contribution in [0.1, 0.15) is 18.4 Å². The number of cyclic esters (lactones) is 1. The summed E-state index contributed by atoms with van der Waals surface area (Å²) in [4.78, 5) is 13.3. The standard InChI is InChI=1S/C13H17FN2O2/c14-11-5-3-10(4-6-11)8-16-12(2-1-7-15)9-18-13(16)17/h3-6,12H,1-2,7-9,15H2. The van der Waals surface area contributed by atoms with Crippen LogP contribution >= 0.6 is 0 Å². The Morgan fingerprint density at radius 3 is 2.78 bits per heavy atom. The first-order valence-electron chi connectivity index (χ1n) is 6.08. The minimum atomic E-state index is -0.304. The Balaban J connectivity index is 2.00. The minimum absolute atomic E-state index is 0.0751. The molecule has 1 saturated heterocycles. The zero-order valence-corrected chi connectivity index (χ0v) is 10.1. The summed E-state index contributed by atoms with van der Waals surface area (Å²) in [5.41, 5.74) is 6.37. The van der Waals surface area contributed by atoms with Crippen molar-refractivity contribution in [2.75, 3.05) is 13.2 Å². The second-order valence-corrected chi connectivity index (χ2v) is 4.42. The van der Waals surface area contributed by atoms with Crippen LogP contribution in [0.25, 0.3) is 0 Å². The number of nitrogens with zero attached hydrogens (tertiary/aromatic N) is 1. The van der Waals surface area contributed by atoms with Crippen molar-refractivity contribution < 1.29 is 13.9 Å². The molecule has 2 N–H and O–H groups in total. The largest absolute Gasteiger partial charge is 0.447 e. The number of hydrogen-bond donors (Lipinski definition) is 1. The molecule has 2 rings (SSSR count). The number of halogens is 1. The number of ether oxygens (including phenoxy) is 1. The first-order chi connectivity index (χ1) is 8.70. The zero-order valence-electron chi connectivity index (χ0n) is 10.1. The van der Waals surface area contributed by atoms with E-state index in [9.17, 15) is 9.18 Å². The minimum Gasteiger partial charge on any atom is -0.447 e. The molecule has 4 nitrogen and oxygen atoms in total. The molecular weight excluding hydrogens is 235 g/mol. The fourth-order valence-corrected chi connectivity index (χ4v) is 2.06. The van der Waals surface area contributed by atoms with Crippen molar-refractivity contribution in [1.82, 2.24) is 4.90 Å². The van der Waals surface area contributed by atoms with E-state index < -0.39 is 0 Å². The van der Waals surface area contributed by atoms with Crippen molar-refractivity contribution in [3.8, 4) is 0 Å². The molecule has 1 amide bonds. The quantitative estimate of drug-likeness (QED) is 0.870. The Morgan fingerprint density at radius 2 is 2.11 bits per heavy atom. The molecule has 1 atom stereocenters. The number of carbonyl (C=O) groups is 1. The fourth-order valence-electron chi connectivity index (χ4n) is 2.06. The second-order valence-electron chi connectivity index (χ2n) is 4.42. The molecule has 0 bridgehead atoms. The Bertz CT molecular complexity index is 408. The van der Waals surface area contributed by atoms with Crippen molar-refractivity contribution in [1.29, 1.82) is 0 Å². The number of amides is 1. The van der Waals surface area contributed by atoms with Crippen LogP contribution in [0.2, 0.25) is 0 Å². The highest BCUT2D eigenvalue weighted by Crippen LogP contribution is 2.19. The molecule has 1 aliphatic rings. The summed E-state index contributed by atoms with van der Waals surface area (Å²) < 4.78 is 17.8. The van der Waals surface area contributed by atoms with Crippen LogP contribution in [0.15, 0.2) is 24.3 Å². The molecule has 0 spiro atoms. The Labute approximate surface area is 106 Å². The van der Waals surface area contributed by atoms with Crippen molar-refractivity contribution in [2.24, 2.45) is 5.73 Å². The van der Waals surface area contributed by atoms with Crippen LogP contribution < -0.4 is 5.73 Å². The van der Waals surface area contributed by atoms with Crippen molar-refractivity contribution >= 4 is 6.09 Å². The van der Waals surface area contributed by atoms with E-state index in [-0.39, 0.29) is 18.0 Å². The first kappa shape index (κ1) is 12.8. The van der Waals surface area contributed by atoms with Crippen LogP contribution in [-0.4, -0.2) is 30.2 Å². The SMILES string of the molecule is NCCCC1COC(=O)N1Cc1ccc(F)cc1. The highest BCUT2D eigenvalue weighted by atomic mass is 19.1. The number of benzene rings is 1. The summed E-state index contributed by atoms with van der Waals surface area (Å²) in [6, 6.07) is 6.23. The molecule has 0 radical (unpaired) electrons. The zero-order chi connectivity index (χ0) is 13.0. The lowest BCUT2D eigenvalue weighted by Gasteiger charge is -2.21. The first-order valence-corrected chi connectivity index (χ1v) is 6.08. The van der Waals surface area contributed by atoms with Gasteiger partial charge in [0.2, 0.25) is 0 Å². The molecule has 1 unspecified atom stereocenters. The third-order valence-electron chi connectivity index (χ3n) is 3.08. The Hall–Kier alpha value is -1.62. The highest BCUT2D eigenvalue weighted by molar-refractivity contribution is 5.70. The van der Waals surface area contributed by atoms with Gasteiger partial charge in [-0.15, -0.1) is 0 Å². The predicted molar refractivity (Wildman–Crippen MR) is 65.4 cm³/mol. The molecule has 98 valence electrons. The molecule has 5 heteroatoms. The van der Waals surface area contributed by atoms with Gasteiger partial charge in [-0.25, -0.2) is 9.18 Å². The fraction of sp³-hybridized carbons (Fsp3) is 0.462. The molecule has 1 heterocycles. The molecule has 1 aromatic carbocycles. The highest BCUT2D eigenvalue weighted by Gasteiger charge is 2.32. The van der Waals surface area contributed by atoms with Gasteiger partial charge >= 0.3 is 6.09 Å². The maximum atomic E-state index is 12.8. The van der Waals surface area contributed by atoms with Gasteiger partial charge in [-0.1, -0.05) is 12.1 Å². The average molecular weight is 252 g/mol.